The van der Waals surface area contributed by atoms with Crippen LogP contribution in [0.3, 0.4) is 0 Å². The Morgan fingerprint density at radius 3 is 2.37 bits per heavy atom. The highest BCUT2D eigenvalue weighted by molar-refractivity contribution is 7.99. The fraction of sp³-hybridized carbons (Fsp3) is 0.280. The van der Waals surface area contributed by atoms with E-state index in [-0.39, 0.29) is 24.8 Å². The minimum Gasteiger partial charge on any atom is -0.481 e. The van der Waals surface area contributed by atoms with Gasteiger partial charge in [-0.15, -0.1) is 11.8 Å². The zero-order valence-corrected chi connectivity index (χ0v) is 20.0. The summed E-state index contributed by atoms with van der Waals surface area (Å²) in [6.07, 6.45) is 2.44. The molecule has 35 heavy (non-hydrogen) atoms. The fourth-order valence-corrected chi connectivity index (χ4v) is 4.72. The van der Waals surface area contributed by atoms with E-state index in [9.17, 15) is 14.4 Å². The molecule has 1 unspecified atom stereocenters. The van der Waals surface area contributed by atoms with E-state index in [1.54, 1.807) is 13.2 Å². The van der Waals surface area contributed by atoms with Gasteiger partial charge in [0.25, 0.3) is 0 Å². The molecular formula is C25H26N4O5S. The number of aliphatic carboxylic acids is 1. The Kier molecular flexibility index (Phi) is 7.71. The van der Waals surface area contributed by atoms with Gasteiger partial charge >= 0.3 is 12.1 Å². The van der Waals surface area contributed by atoms with Crippen LogP contribution in [-0.2, 0) is 21.4 Å². The van der Waals surface area contributed by atoms with E-state index in [0.29, 0.717) is 11.3 Å². The first-order chi connectivity index (χ1) is 16.9. The number of benzene rings is 2. The molecule has 2 aromatic carbocycles. The molecule has 1 atom stereocenters. The van der Waals surface area contributed by atoms with Crippen LogP contribution in [0, 0.1) is 0 Å². The normalized spacial score (nSPS) is 12.9. The van der Waals surface area contributed by atoms with E-state index in [1.165, 1.54) is 22.6 Å². The number of ether oxygens (including phenoxy) is 1. The molecule has 1 aromatic heterocycles. The summed E-state index contributed by atoms with van der Waals surface area (Å²) < 4.78 is 7.13. The van der Waals surface area contributed by atoms with Crippen molar-refractivity contribution in [3.05, 3.63) is 77.6 Å². The second-order valence-corrected chi connectivity index (χ2v) is 9.19. The highest BCUT2D eigenvalue weighted by Crippen LogP contribution is 2.44. The molecule has 10 heteroatoms. The van der Waals surface area contributed by atoms with Crippen LogP contribution in [0.25, 0.3) is 11.1 Å². The highest BCUT2D eigenvalue weighted by atomic mass is 32.2. The first kappa shape index (κ1) is 24.3. The maximum Gasteiger partial charge on any atom is 0.408 e. The minimum absolute atomic E-state index is 0.0418. The standard InChI is InChI=1S/C25H26N4O5S/c1-29-13-16(12-27-29)23(24(32)26-10-11-35-15-22(30)31)28-25(33)34-14-21-19-8-4-2-6-17(19)18-7-3-5-9-20(18)21/h2-9,12-13,21,23H,10-11,14-15H2,1H3,(H,26,32)(H,28,33)(H,30,31). The van der Waals surface area contributed by atoms with Gasteiger partial charge in [-0.1, -0.05) is 48.5 Å². The molecule has 4 rings (SSSR count). The molecular weight excluding hydrogens is 468 g/mol. The van der Waals surface area contributed by atoms with Crippen molar-refractivity contribution in [1.82, 2.24) is 20.4 Å². The van der Waals surface area contributed by atoms with Gasteiger partial charge in [0.05, 0.1) is 11.9 Å². The largest absolute Gasteiger partial charge is 0.481 e. The third-order valence-electron chi connectivity index (χ3n) is 5.70. The number of thioether (sulfide) groups is 1. The predicted octanol–water partition coefficient (Wildman–Crippen LogP) is 2.93. The summed E-state index contributed by atoms with van der Waals surface area (Å²) in [4.78, 5) is 36.2. The maximum atomic E-state index is 12.8. The van der Waals surface area contributed by atoms with Crippen molar-refractivity contribution < 1.29 is 24.2 Å². The van der Waals surface area contributed by atoms with Crippen LogP contribution < -0.4 is 10.6 Å². The number of hydrogen-bond acceptors (Lipinski definition) is 6. The quantitative estimate of drug-likeness (QED) is 0.370. The molecule has 182 valence electrons. The Balaban J connectivity index is 1.39. The van der Waals surface area contributed by atoms with Crippen molar-refractivity contribution in [2.45, 2.75) is 12.0 Å². The Labute approximate surface area is 206 Å². The van der Waals surface area contributed by atoms with E-state index >= 15 is 0 Å². The molecule has 0 spiro atoms. The summed E-state index contributed by atoms with van der Waals surface area (Å²) in [6.45, 7) is 0.396. The van der Waals surface area contributed by atoms with Crippen LogP contribution in [0.5, 0.6) is 0 Å². The maximum absolute atomic E-state index is 12.8. The zero-order chi connectivity index (χ0) is 24.8. The zero-order valence-electron chi connectivity index (χ0n) is 19.1. The third-order valence-corrected chi connectivity index (χ3v) is 6.64. The number of carboxylic acid groups (broad SMARTS) is 1. The number of alkyl carbamates (subject to hydrolysis) is 1. The number of rotatable bonds is 10. The van der Waals surface area contributed by atoms with E-state index in [0.717, 1.165) is 22.3 Å². The lowest BCUT2D eigenvalue weighted by atomic mass is 9.98. The van der Waals surface area contributed by atoms with Crippen molar-refractivity contribution in [3.63, 3.8) is 0 Å². The van der Waals surface area contributed by atoms with E-state index < -0.39 is 24.0 Å². The van der Waals surface area contributed by atoms with Gasteiger partial charge in [-0.25, -0.2) is 4.79 Å². The van der Waals surface area contributed by atoms with Gasteiger partial charge in [0.15, 0.2) is 0 Å². The Hall–Kier alpha value is -3.79. The summed E-state index contributed by atoms with van der Waals surface area (Å²) in [7, 11) is 1.72. The van der Waals surface area contributed by atoms with Crippen molar-refractivity contribution in [1.29, 1.82) is 0 Å². The number of hydrogen-bond donors (Lipinski definition) is 3. The van der Waals surface area contributed by atoms with Gasteiger partial charge in [-0.3, -0.25) is 14.3 Å². The second kappa shape index (κ2) is 11.1. The minimum atomic E-state index is -0.996. The number of carbonyl (C=O) groups excluding carboxylic acids is 2. The lowest BCUT2D eigenvalue weighted by Gasteiger charge is -2.19. The van der Waals surface area contributed by atoms with Crippen LogP contribution in [0.1, 0.15) is 28.7 Å². The number of aryl methyl sites for hydroxylation is 1. The molecule has 3 N–H and O–H groups in total. The Bertz CT molecular complexity index is 1180. The average molecular weight is 495 g/mol. The second-order valence-electron chi connectivity index (χ2n) is 8.09. The molecule has 0 aliphatic heterocycles. The molecule has 1 aliphatic rings. The number of carbonyl (C=O) groups is 3. The number of aromatic nitrogens is 2. The van der Waals surface area contributed by atoms with Crippen molar-refractivity contribution in [2.24, 2.45) is 7.05 Å². The molecule has 0 saturated carbocycles. The molecule has 0 radical (unpaired) electrons. The number of nitrogens with zero attached hydrogens (tertiary/aromatic N) is 2. The van der Waals surface area contributed by atoms with Crippen molar-refractivity contribution in [2.75, 3.05) is 24.7 Å². The smallest absolute Gasteiger partial charge is 0.408 e. The number of amides is 2. The van der Waals surface area contributed by atoms with Crippen LogP contribution in [0.2, 0.25) is 0 Å². The number of nitrogens with one attached hydrogen (secondary N) is 2. The van der Waals surface area contributed by atoms with Gasteiger partial charge in [0.2, 0.25) is 5.91 Å². The topological polar surface area (TPSA) is 123 Å². The van der Waals surface area contributed by atoms with E-state index in [1.807, 2.05) is 36.4 Å². The summed E-state index contributed by atoms with van der Waals surface area (Å²) in [5.74, 6) is -1.04. The molecule has 9 nitrogen and oxygen atoms in total. The molecule has 1 heterocycles. The van der Waals surface area contributed by atoms with Crippen molar-refractivity contribution in [3.8, 4) is 11.1 Å². The van der Waals surface area contributed by atoms with Gasteiger partial charge in [0.1, 0.15) is 12.6 Å². The van der Waals surface area contributed by atoms with Gasteiger partial charge < -0.3 is 20.5 Å². The van der Waals surface area contributed by atoms with Crippen LogP contribution in [0.4, 0.5) is 4.79 Å². The number of fused-ring (bicyclic) bond motifs is 3. The van der Waals surface area contributed by atoms with Crippen LogP contribution in [-0.4, -0.2) is 57.5 Å². The predicted molar refractivity (Wildman–Crippen MR) is 132 cm³/mol. The molecule has 2 amide bonds. The first-order valence-electron chi connectivity index (χ1n) is 11.1. The first-order valence-corrected chi connectivity index (χ1v) is 12.3. The molecule has 1 aliphatic carbocycles. The summed E-state index contributed by atoms with van der Waals surface area (Å²) >= 11 is 1.20. The van der Waals surface area contributed by atoms with Crippen LogP contribution >= 0.6 is 11.8 Å². The summed E-state index contributed by atoms with van der Waals surface area (Å²) in [5, 5.41) is 18.2. The monoisotopic (exact) mass is 494 g/mol. The number of carboxylic acids is 1. The van der Waals surface area contributed by atoms with Gasteiger partial charge in [-0.2, -0.15) is 5.10 Å². The molecule has 3 aromatic rings. The summed E-state index contributed by atoms with van der Waals surface area (Å²) in [5.41, 5.74) is 4.97. The van der Waals surface area contributed by atoms with E-state index in [4.69, 9.17) is 9.84 Å². The van der Waals surface area contributed by atoms with Gasteiger partial charge in [-0.05, 0) is 22.3 Å². The van der Waals surface area contributed by atoms with Crippen LogP contribution in [0.15, 0.2) is 60.9 Å². The Morgan fingerprint density at radius 1 is 1.11 bits per heavy atom. The average Bonchev–Trinajstić information content (AvgIpc) is 3.42. The highest BCUT2D eigenvalue weighted by Gasteiger charge is 2.30. The van der Waals surface area contributed by atoms with Gasteiger partial charge in [0, 0.05) is 37.0 Å². The third kappa shape index (κ3) is 5.83. The Morgan fingerprint density at radius 2 is 1.77 bits per heavy atom. The SMILES string of the molecule is Cn1cc(C(NC(=O)OCC2c3ccccc3-c3ccccc32)C(=O)NCCSCC(=O)O)cn1. The molecule has 0 bridgehead atoms. The lowest BCUT2D eigenvalue weighted by Crippen LogP contribution is -2.41. The molecule has 0 saturated heterocycles. The van der Waals surface area contributed by atoms with E-state index in [2.05, 4.69) is 27.9 Å². The van der Waals surface area contributed by atoms with Crippen molar-refractivity contribution >= 4 is 29.7 Å². The summed E-state index contributed by atoms with van der Waals surface area (Å²) in [6, 6.07) is 15.1. The molecule has 0 fully saturated rings. The lowest BCUT2D eigenvalue weighted by molar-refractivity contribution is -0.133. The fourth-order valence-electron chi connectivity index (χ4n) is 4.16.